The second-order valence-electron chi connectivity index (χ2n) is 8.22. The molecule has 0 spiro atoms. The lowest BCUT2D eigenvalue weighted by atomic mass is 10.0. The Hall–Kier alpha value is -3.68. The highest BCUT2D eigenvalue weighted by atomic mass is 19.1. The summed E-state index contributed by atoms with van der Waals surface area (Å²) in [6.07, 6.45) is 0.409. The van der Waals surface area contributed by atoms with Gasteiger partial charge < -0.3 is 21.4 Å². The number of benzene rings is 2. The molecule has 0 aliphatic heterocycles. The van der Waals surface area contributed by atoms with Crippen molar-refractivity contribution in [2.24, 2.45) is 11.7 Å². The van der Waals surface area contributed by atoms with E-state index in [2.05, 4.69) is 15.6 Å². The highest BCUT2D eigenvalue weighted by Gasteiger charge is 2.27. The van der Waals surface area contributed by atoms with Gasteiger partial charge in [-0.15, -0.1) is 0 Å². The van der Waals surface area contributed by atoms with Crippen molar-refractivity contribution in [3.05, 3.63) is 71.7 Å². The maximum atomic E-state index is 13.5. The Labute approximate surface area is 185 Å². The summed E-state index contributed by atoms with van der Waals surface area (Å²) in [4.78, 5) is 40.7. The predicted octanol–water partition coefficient (Wildman–Crippen LogP) is 2.66. The van der Waals surface area contributed by atoms with Crippen LogP contribution in [0.1, 0.15) is 36.3 Å². The number of amides is 3. The number of fused-ring (bicyclic) bond motifs is 1. The van der Waals surface area contributed by atoms with E-state index in [1.54, 1.807) is 12.1 Å². The molecule has 0 bridgehead atoms. The second-order valence-corrected chi connectivity index (χ2v) is 8.22. The number of aromatic amines is 1. The maximum absolute atomic E-state index is 13.5. The number of rotatable bonds is 9. The Kier molecular flexibility index (Phi) is 7.25. The van der Waals surface area contributed by atoms with Crippen molar-refractivity contribution in [3.8, 4) is 0 Å². The Morgan fingerprint density at radius 3 is 2.41 bits per heavy atom. The zero-order valence-corrected chi connectivity index (χ0v) is 18.0. The Morgan fingerprint density at radius 2 is 1.75 bits per heavy atom. The lowest BCUT2D eigenvalue weighted by Crippen LogP contribution is -2.54. The lowest BCUT2D eigenvalue weighted by molar-refractivity contribution is -0.128. The van der Waals surface area contributed by atoms with Crippen LogP contribution in [0.25, 0.3) is 10.9 Å². The van der Waals surface area contributed by atoms with E-state index < -0.39 is 35.6 Å². The summed E-state index contributed by atoms with van der Waals surface area (Å²) in [7, 11) is 0. The molecule has 3 rings (SSSR count). The van der Waals surface area contributed by atoms with Gasteiger partial charge in [-0.05, 0) is 42.2 Å². The minimum absolute atomic E-state index is 0.0448. The Bertz CT molecular complexity index is 1090. The molecule has 0 saturated heterocycles. The summed E-state index contributed by atoms with van der Waals surface area (Å²) < 4.78 is 13.5. The van der Waals surface area contributed by atoms with Gasteiger partial charge in [0.15, 0.2) is 0 Å². The molecule has 8 heteroatoms. The monoisotopic (exact) mass is 438 g/mol. The molecular weight excluding hydrogens is 411 g/mol. The van der Waals surface area contributed by atoms with Crippen LogP contribution in [-0.4, -0.2) is 34.8 Å². The van der Waals surface area contributed by atoms with Crippen LogP contribution in [0.15, 0.2) is 54.6 Å². The number of primary amides is 1. The zero-order valence-electron chi connectivity index (χ0n) is 18.0. The number of carbonyl (C=O) groups excluding carboxylic acids is 3. The normalized spacial score (nSPS) is 13.0. The van der Waals surface area contributed by atoms with E-state index in [-0.39, 0.29) is 12.3 Å². The number of nitrogens with two attached hydrogens (primary N) is 1. The fourth-order valence-corrected chi connectivity index (χ4v) is 3.53. The van der Waals surface area contributed by atoms with Gasteiger partial charge in [0.25, 0.3) is 5.91 Å². The van der Waals surface area contributed by atoms with E-state index >= 15 is 0 Å². The molecule has 168 valence electrons. The number of para-hydroxylation sites is 1. The fourth-order valence-electron chi connectivity index (χ4n) is 3.53. The summed E-state index contributed by atoms with van der Waals surface area (Å²) in [5.41, 5.74) is 7.14. The Morgan fingerprint density at radius 1 is 1.00 bits per heavy atom. The van der Waals surface area contributed by atoms with Crippen LogP contribution in [-0.2, 0) is 16.0 Å². The van der Waals surface area contributed by atoms with Crippen LogP contribution in [0.3, 0.4) is 0 Å². The third kappa shape index (κ3) is 5.94. The smallest absolute Gasteiger partial charge is 0.268 e. The Balaban J connectivity index is 1.73. The standard InChI is InChI=1S/C24H27FN4O3/c1-14(2)10-20(29-24(32)21-13-16-7-3-4-9-18(16)27-21)23(31)28-19(22(26)30)12-15-6-5-8-17(25)11-15/h3-9,11,13-14,19-20,27H,10,12H2,1-2H3,(H2,26,30)(H,28,31)(H,29,32)/t19?,20-/m0/s1. The van der Waals surface area contributed by atoms with Crippen molar-refractivity contribution < 1.29 is 18.8 Å². The van der Waals surface area contributed by atoms with Crippen LogP contribution >= 0.6 is 0 Å². The van der Waals surface area contributed by atoms with Crippen LogP contribution in [0.2, 0.25) is 0 Å². The van der Waals surface area contributed by atoms with E-state index in [9.17, 15) is 18.8 Å². The average Bonchev–Trinajstić information content (AvgIpc) is 3.17. The van der Waals surface area contributed by atoms with Crippen molar-refractivity contribution >= 4 is 28.6 Å². The zero-order chi connectivity index (χ0) is 23.3. The SMILES string of the molecule is CC(C)C[C@H](NC(=O)c1cc2ccccc2[nH]1)C(=O)NC(Cc1cccc(F)c1)C(N)=O. The fraction of sp³-hybridized carbons (Fsp3) is 0.292. The van der Waals surface area contributed by atoms with Crippen molar-refractivity contribution in [1.82, 2.24) is 15.6 Å². The molecule has 1 aromatic heterocycles. The summed E-state index contributed by atoms with van der Waals surface area (Å²) in [6.45, 7) is 3.85. The molecular formula is C24H27FN4O3. The second kappa shape index (κ2) is 10.1. The molecule has 3 amide bonds. The van der Waals surface area contributed by atoms with Gasteiger partial charge in [-0.25, -0.2) is 4.39 Å². The first kappa shape index (κ1) is 23.0. The van der Waals surface area contributed by atoms with E-state index in [0.29, 0.717) is 17.7 Å². The van der Waals surface area contributed by atoms with Gasteiger partial charge in [-0.3, -0.25) is 14.4 Å². The van der Waals surface area contributed by atoms with Gasteiger partial charge in [0, 0.05) is 17.3 Å². The van der Waals surface area contributed by atoms with Crippen LogP contribution in [0, 0.1) is 11.7 Å². The van der Waals surface area contributed by atoms with Crippen LogP contribution < -0.4 is 16.4 Å². The summed E-state index contributed by atoms with van der Waals surface area (Å²) in [6, 6.07) is 13.0. The number of hydrogen-bond acceptors (Lipinski definition) is 3. The quantitative estimate of drug-likeness (QED) is 0.411. The first-order chi connectivity index (χ1) is 15.2. The van der Waals surface area contributed by atoms with Crippen molar-refractivity contribution in [3.63, 3.8) is 0 Å². The average molecular weight is 439 g/mol. The molecule has 7 nitrogen and oxygen atoms in total. The summed E-state index contributed by atoms with van der Waals surface area (Å²) >= 11 is 0. The van der Waals surface area contributed by atoms with E-state index in [1.807, 2.05) is 38.1 Å². The van der Waals surface area contributed by atoms with E-state index in [0.717, 1.165) is 10.9 Å². The van der Waals surface area contributed by atoms with Crippen molar-refractivity contribution in [2.75, 3.05) is 0 Å². The molecule has 1 unspecified atom stereocenters. The number of nitrogens with one attached hydrogen (secondary N) is 3. The molecule has 2 atom stereocenters. The molecule has 0 aliphatic carbocycles. The first-order valence-corrected chi connectivity index (χ1v) is 10.5. The lowest BCUT2D eigenvalue weighted by Gasteiger charge is -2.23. The number of aromatic nitrogens is 1. The highest BCUT2D eigenvalue weighted by molar-refractivity contribution is 6.00. The molecule has 3 aromatic rings. The van der Waals surface area contributed by atoms with E-state index in [4.69, 9.17) is 5.73 Å². The third-order valence-electron chi connectivity index (χ3n) is 5.09. The number of carbonyl (C=O) groups is 3. The molecule has 0 fully saturated rings. The van der Waals surface area contributed by atoms with Gasteiger partial charge in [0.1, 0.15) is 23.6 Å². The molecule has 0 aliphatic rings. The molecule has 32 heavy (non-hydrogen) atoms. The highest BCUT2D eigenvalue weighted by Crippen LogP contribution is 2.15. The molecule has 0 radical (unpaired) electrons. The predicted molar refractivity (Wildman–Crippen MR) is 120 cm³/mol. The first-order valence-electron chi connectivity index (χ1n) is 10.5. The van der Waals surface area contributed by atoms with Crippen molar-refractivity contribution in [2.45, 2.75) is 38.8 Å². The molecule has 5 N–H and O–H groups in total. The van der Waals surface area contributed by atoms with Gasteiger partial charge >= 0.3 is 0 Å². The number of hydrogen-bond donors (Lipinski definition) is 4. The minimum atomic E-state index is -1.04. The molecule has 1 heterocycles. The maximum Gasteiger partial charge on any atom is 0.268 e. The minimum Gasteiger partial charge on any atom is -0.368 e. The van der Waals surface area contributed by atoms with Gasteiger partial charge in [0.05, 0.1) is 0 Å². The molecule has 2 aromatic carbocycles. The molecule has 0 saturated carbocycles. The van der Waals surface area contributed by atoms with Gasteiger partial charge in [-0.2, -0.15) is 0 Å². The number of H-pyrrole nitrogens is 1. The largest absolute Gasteiger partial charge is 0.368 e. The summed E-state index contributed by atoms with van der Waals surface area (Å²) in [5.74, 6) is -2.04. The summed E-state index contributed by atoms with van der Waals surface area (Å²) in [5, 5.41) is 6.24. The topological polar surface area (TPSA) is 117 Å². The van der Waals surface area contributed by atoms with Crippen LogP contribution in [0.4, 0.5) is 4.39 Å². The van der Waals surface area contributed by atoms with Crippen LogP contribution in [0.5, 0.6) is 0 Å². The third-order valence-corrected chi connectivity index (χ3v) is 5.09. The van der Waals surface area contributed by atoms with Crippen molar-refractivity contribution in [1.29, 1.82) is 0 Å². The number of halogens is 1. The van der Waals surface area contributed by atoms with Gasteiger partial charge in [-0.1, -0.05) is 44.2 Å². The van der Waals surface area contributed by atoms with E-state index in [1.165, 1.54) is 18.2 Å². The van der Waals surface area contributed by atoms with Gasteiger partial charge in [0.2, 0.25) is 11.8 Å².